The lowest BCUT2D eigenvalue weighted by Crippen LogP contribution is -2.38. The summed E-state index contributed by atoms with van der Waals surface area (Å²) < 4.78 is 5.76. The van der Waals surface area contributed by atoms with E-state index in [2.05, 4.69) is 0 Å². The van der Waals surface area contributed by atoms with E-state index in [1.54, 1.807) is 0 Å². The molecule has 1 fully saturated rings. The molecule has 2 rings (SSSR count). The van der Waals surface area contributed by atoms with Crippen LogP contribution in [0, 0.1) is 0 Å². The smallest absolute Gasteiger partial charge is 0.0856 e. The molecule has 1 aliphatic carbocycles. The molecule has 0 spiro atoms. The van der Waals surface area contributed by atoms with Gasteiger partial charge in [0.15, 0.2) is 0 Å². The summed E-state index contributed by atoms with van der Waals surface area (Å²) in [6, 6.07) is 10.0. The zero-order valence-corrected chi connectivity index (χ0v) is 9.94. The van der Waals surface area contributed by atoms with Crippen LogP contribution < -0.4 is 0 Å². The molecule has 1 saturated carbocycles. The molecule has 1 N–H and O–H groups in total. The number of ether oxygens (including phenoxy) is 1. The fourth-order valence-electron chi connectivity index (χ4n) is 2.05. The van der Waals surface area contributed by atoms with E-state index in [1.165, 1.54) is 0 Å². The second kappa shape index (κ2) is 5.67. The van der Waals surface area contributed by atoms with Crippen molar-refractivity contribution in [1.82, 2.24) is 0 Å². The van der Waals surface area contributed by atoms with Crippen LogP contribution in [0.4, 0.5) is 0 Å². The summed E-state index contributed by atoms with van der Waals surface area (Å²) in [7, 11) is 0. The lowest BCUT2D eigenvalue weighted by atomic mass is 9.94. The first kappa shape index (κ1) is 11.9. The van der Waals surface area contributed by atoms with E-state index in [0.29, 0.717) is 6.61 Å². The molecule has 0 amide bonds. The molecule has 0 radical (unpaired) electrons. The molecular weight excluding hydrogens is 224 g/mol. The van der Waals surface area contributed by atoms with Crippen molar-refractivity contribution in [2.24, 2.45) is 0 Å². The first-order chi connectivity index (χ1) is 7.77. The normalized spacial score (nSPS) is 30.2. The highest BCUT2D eigenvalue weighted by molar-refractivity contribution is 6.21. The first-order valence-electron chi connectivity index (χ1n) is 5.75. The highest BCUT2D eigenvalue weighted by atomic mass is 35.5. The molecule has 0 bridgehead atoms. The molecule has 1 aliphatic rings. The summed E-state index contributed by atoms with van der Waals surface area (Å²) in [5.41, 5.74) is 1.14. The monoisotopic (exact) mass is 240 g/mol. The highest BCUT2D eigenvalue weighted by Crippen LogP contribution is 2.26. The summed E-state index contributed by atoms with van der Waals surface area (Å²) in [5, 5.41) is 9.37. The van der Waals surface area contributed by atoms with Gasteiger partial charge in [0.05, 0.1) is 24.2 Å². The standard InChI is InChI=1S/C13H17ClO2/c14-13-11(15)7-4-8-12(13)16-9-10-5-2-1-3-6-10/h1-3,5-6,11-13,15H,4,7-9H2/t11-,12-,13?/m0/s1. The second-order valence-corrected chi connectivity index (χ2v) is 4.78. The molecule has 1 unspecified atom stereocenters. The molecule has 0 aromatic heterocycles. The van der Waals surface area contributed by atoms with Crippen LogP contribution in [-0.4, -0.2) is 22.7 Å². The van der Waals surface area contributed by atoms with Crippen molar-refractivity contribution in [1.29, 1.82) is 0 Å². The fraction of sp³-hybridized carbons (Fsp3) is 0.538. The molecule has 0 heterocycles. The van der Waals surface area contributed by atoms with E-state index >= 15 is 0 Å². The van der Waals surface area contributed by atoms with Gasteiger partial charge in [0.2, 0.25) is 0 Å². The van der Waals surface area contributed by atoms with Crippen molar-refractivity contribution in [2.45, 2.75) is 43.5 Å². The van der Waals surface area contributed by atoms with Crippen molar-refractivity contribution >= 4 is 11.6 Å². The Bertz CT molecular complexity index is 315. The van der Waals surface area contributed by atoms with E-state index in [0.717, 1.165) is 24.8 Å². The Balaban J connectivity index is 1.85. The van der Waals surface area contributed by atoms with Crippen molar-refractivity contribution < 1.29 is 9.84 Å². The second-order valence-electron chi connectivity index (χ2n) is 4.28. The Labute approximate surface area is 101 Å². The molecule has 3 atom stereocenters. The zero-order valence-electron chi connectivity index (χ0n) is 9.18. The summed E-state index contributed by atoms with van der Waals surface area (Å²) in [6.07, 6.45) is 2.28. The molecule has 3 heteroatoms. The molecule has 16 heavy (non-hydrogen) atoms. The third-order valence-electron chi connectivity index (χ3n) is 3.02. The van der Waals surface area contributed by atoms with Crippen molar-refractivity contribution in [3.63, 3.8) is 0 Å². The van der Waals surface area contributed by atoms with Crippen molar-refractivity contribution in [2.75, 3.05) is 0 Å². The van der Waals surface area contributed by atoms with Crippen molar-refractivity contribution in [3.05, 3.63) is 35.9 Å². The van der Waals surface area contributed by atoms with E-state index in [-0.39, 0.29) is 11.5 Å². The number of rotatable bonds is 3. The van der Waals surface area contributed by atoms with Gasteiger partial charge >= 0.3 is 0 Å². The number of halogens is 1. The number of alkyl halides is 1. The Hall–Kier alpha value is -0.570. The van der Waals surface area contributed by atoms with Crippen LogP contribution in [0.5, 0.6) is 0 Å². The Morgan fingerprint density at radius 2 is 2.00 bits per heavy atom. The highest BCUT2D eigenvalue weighted by Gasteiger charge is 2.30. The van der Waals surface area contributed by atoms with Crippen molar-refractivity contribution in [3.8, 4) is 0 Å². The SMILES string of the molecule is O[C@H]1CCC[C@H](OCc2ccccc2)C1Cl. The van der Waals surface area contributed by atoms with Gasteiger partial charge in [0.25, 0.3) is 0 Å². The molecule has 0 saturated heterocycles. The van der Waals surface area contributed by atoms with Crippen LogP contribution in [0.3, 0.4) is 0 Å². The third-order valence-corrected chi connectivity index (χ3v) is 3.59. The molecule has 88 valence electrons. The van der Waals surface area contributed by atoms with Gasteiger partial charge < -0.3 is 9.84 Å². The number of hydrogen-bond acceptors (Lipinski definition) is 2. The number of aliphatic hydroxyl groups excluding tert-OH is 1. The predicted octanol–water partition coefficient (Wildman–Crippen LogP) is 2.72. The molecule has 1 aromatic rings. The predicted molar refractivity (Wildman–Crippen MR) is 64.5 cm³/mol. The van der Waals surface area contributed by atoms with Crippen LogP contribution in [0.2, 0.25) is 0 Å². The minimum Gasteiger partial charge on any atom is -0.391 e. The van der Waals surface area contributed by atoms with Gasteiger partial charge in [-0.25, -0.2) is 0 Å². The number of aliphatic hydroxyl groups is 1. The summed E-state index contributed by atoms with van der Waals surface area (Å²) in [6.45, 7) is 0.571. The lowest BCUT2D eigenvalue weighted by molar-refractivity contribution is -0.0187. The number of hydrogen-bond donors (Lipinski definition) is 1. The molecular formula is C13H17ClO2. The van der Waals surface area contributed by atoms with Gasteiger partial charge in [0, 0.05) is 0 Å². The maximum atomic E-state index is 9.63. The Morgan fingerprint density at radius 3 is 2.75 bits per heavy atom. The number of benzene rings is 1. The maximum absolute atomic E-state index is 9.63. The van der Waals surface area contributed by atoms with E-state index in [9.17, 15) is 5.11 Å². The largest absolute Gasteiger partial charge is 0.391 e. The Morgan fingerprint density at radius 1 is 1.25 bits per heavy atom. The Kier molecular flexibility index (Phi) is 4.22. The quantitative estimate of drug-likeness (QED) is 0.824. The van der Waals surface area contributed by atoms with Gasteiger partial charge in [-0.15, -0.1) is 11.6 Å². The van der Waals surface area contributed by atoms with Crippen LogP contribution in [-0.2, 0) is 11.3 Å². The average Bonchev–Trinajstić information content (AvgIpc) is 2.32. The molecule has 2 nitrogen and oxygen atoms in total. The lowest BCUT2D eigenvalue weighted by Gasteiger charge is -2.31. The van der Waals surface area contributed by atoms with Gasteiger partial charge in [-0.1, -0.05) is 30.3 Å². The van der Waals surface area contributed by atoms with Crippen LogP contribution in [0.25, 0.3) is 0 Å². The van der Waals surface area contributed by atoms with Gasteiger partial charge in [-0.2, -0.15) is 0 Å². The topological polar surface area (TPSA) is 29.5 Å². The maximum Gasteiger partial charge on any atom is 0.0856 e. The van der Waals surface area contributed by atoms with Crippen LogP contribution in [0.15, 0.2) is 30.3 Å². The van der Waals surface area contributed by atoms with E-state index < -0.39 is 6.10 Å². The third kappa shape index (κ3) is 2.97. The average molecular weight is 241 g/mol. The summed E-state index contributed by atoms with van der Waals surface area (Å²) in [4.78, 5) is 0. The fourth-order valence-corrected chi connectivity index (χ4v) is 2.37. The van der Waals surface area contributed by atoms with Gasteiger partial charge in [0.1, 0.15) is 0 Å². The van der Waals surface area contributed by atoms with E-state index in [1.807, 2.05) is 30.3 Å². The first-order valence-corrected chi connectivity index (χ1v) is 6.18. The van der Waals surface area contributed by atoms with Gasteiger partial charge in [-0.05, 0) is 24.8 Å². The molecule has 0 aliphatic heterocycles. The summed E-state index contributed by atoms with van der Waals surface area (Å²) >= 11 is 6.12. The molecule has 1 aromatic carbocycles. The minimum absolute atomic E-state index is 0.0226. The van der Waals surface area contributed by atoms with E-state index in [4.69, 9.17) is 16.3 Å². The van der Waals surface area contributed by atoms with Crippen LogP contribution >= 0.6 is 11.6 Å². The minimum atomic E-state index is -0.420. The summed E-state index contributed by atoms with van der Waals surface area (Å²) in [5.74, 6) is 0. The van der Waals surface area contributed by atoms with Crippen LogP contribution in [0.1, 0.15) is 24.8 Å². The zero-order chi connectivity index (χ0) is 11.4. The van der Waals surface area contributed by atoms with Gasteiger partial charge in [-0.3, -0.25) is 0 Å².